The SMILES string of the molecule is CSc1cccc(CC(=O)N2CCN(c3ncnc4[nH]ccc34)CC23CC3)c1. The number of piperazine rings is 1. The minimum absolute atomic E-state index is 0.0277. The lowest BCUT2D eigenvalue weighted by molar-refractivity contribution is -0.134. The van der Waals surface area contributed by atoms with Crippen molar-refractivity contribution >= 4 is 34.5 Å². The third-order valence-corrected chi connectivity index (χ3v) is 6.63. The zero-order valence-corrected chi connectivity index (χ0v) is 16.7. The molecule has 5 rings (SSSR count). The van der Waals surface area contributed by atoms with E-state index in [9.17, 15) is 4.79 Å². The largest absolute Gasteiger partial charge is 0.352 e. The van der Waals surface area contributed by atoms with Gasteiger partial charge in [-0.15, -0.1) is 11.8 Å². The number of nitrogens with one attached hydrogen (secondary N) is 1. The molecule has 7 heteroatoms. The number of carbonyl (C=O) groups excluding carboxylic acids is 1. The van der Waals surface area contributed by atoms with Gasteiger partial charge in [-0.05, 0) is 42.9 Å². The zero-order chi connectivity index (χ0) is 19.1. The summed E-state index contributed by atoms with van der Waals surface area (Å²) in [5, 5.41) is 1.05. The Kier molecular flexibility index (Phi) is 4.27. The standard InChI is InChI=1S/C21H23N5OS/c1-28-16-4-2-3-15(11-16)12-18(27)26-10-9-25(13-21(26)6-7-21)20-17-5-8-22-19(17)23-14-24-20/h2-5,8,11,14H,6-7,9-10,12-13H2,1H3,(H,22,23,24). The van der Waals surface area contributed by atoms with Gasteiger partial charge in [0.1, 0.15) is 17.8 Å². The van der Waals surface area contributed by atoms with Crippen LogP contribution in [-0.2, 0) is 11.2 Å². The average Bonchev–Trinajstić information content (AvgIpc) is 3.29. The third-order valence-electron chi connectivity index (χ3n) is 5.90. The van der Waals surface area contributed by atoms with Crippen LogP contribution in [-0.4, -0.2) is 57.2 Å². The Balaban J connectivity index is 1.34. The van der Waals surface area contributed by atoms with Crippen LogP contribution in [0, 0.1) is 0 Å². The van der Waals surface area contributed by atoms with E-state index in [0.29, 0.717) is 6.42 Å². The van der Waals surface area contributed by atoms with Crippen molar-refractivity contribution in [3.05, 3.63) is 48.4 Å². The highest BCUT2D eigenvalue weighted by molar-refractivity contribution is 7.98. The van der Waals surface area contributed by atoms with E-state index in [1.807, 2.05) is 18.3 Å². The Bertz CT molecular complexity index is 1030. The summed E-state index contributed by atoms with van der Waals surface area (Å²) < 4.78 is 0. The van der Waals surface area contributed by atoms with Crippen molar-refractivity contribution in [1.29, 1.82) is 0 Å². The highest BCUT2D eigenvalue weighted by Crippen LogP contribution is 2.45. The molecule has 1 N–H and O–H groups in total. The Hall–Kier alpha value is -2.54. The molecule has 2 aliphatic rings. The van der Waals surface area contributed by atoms with Gasteiger partial charge in [-0.2, -0.15) is 0 Å². The van der Waals surface area contributed by atoms with Crippen molar-refractivity contribution in [1.82, 2.24) is 19.9 Å². The molecule has 1 saturated carbocycles. The maximum atomic E-state index is 13.1. The van der Waals surface area contributed by atoms with E-state index in [1.54, 1.807) is 18.1 Å². The summed E-state index contributed by atoms with van der Waals surface area (Å²) in [6.45, 7) is 2.40. The Morgan fingerprint density at radius 3 is 2.96 bits per heavy atom. The summed E-state index contributed by atoms with van der Waals surface area (Å²) in [5.41, 5.74) is 1.93. The van der Waals surface area contributed by atoms with Crippen LogP contribution in [0.4, 0.5) is 5.82 Å². The van der Waals surface area contributed by atoms with Crippen molar-refractivity contribution in [3.63, 3.8) is 0 Å². The average molecular weight is 394 g/mol. The number of aromatic nitrogens is 3. The number of carbonyl (C=O) groups is 1. The maximum absolute atomic E-state index is 13.1. The summed E-state index contributed by atoms with van der Waals surface area (Å²) in [6.07, 6.45) is 8.20. The first-order valence-electron chi connectivity index (χ1n) is 9.65. The fourth-order valence-electron chi connectivity index (χ4n) is 4.28. The van der Waals surface area contributed by atoms with Gasteiger partial charge in [0.15, 0.2) is 0 Å². The van der Waals surface area contributed by atoms with Crippen molar-refractivity contribution in [2.75, 3.05) is 30.8 Å². The Labute approximate surface area is 168 Å². The molecule has 3 heterocycles. The highest BCUT2D eigenvalue weighted by atomic mass is 32.2. The molecular weight excluding hydrogens is 370 g/mol. The fraction of sp³-hybridized carbons (Fsp3) is 0.381. The number of benzene rings is 1. The number of aromatic amines is 1. The molecule has 1 saturated heterocycles. The second-order valence-electron chi connectivity index (χ2n) is 7.66. The van der Waals surface area contributed by atoms with Crippen LogP contribution in [0.25, 0.3) is 11.0 Å². The highest BCUT2D eigenvalue weighted by Gasteiger charge is 2.53. The normalized spacial score (nSPS) is 18.0. The Morgan fingerprint density at radius 1 is 1.25 bits per heavy atom. The van der Waals surface area contributed by atoms with Crippen molar-refractivity contribution < 1.29 is 4.79 Å². The van der Waals surface area contributed by atoms with Gasteiger partial charge in [0.05, 0.1) is 17.3 Å². The first-order chi connectivity index (χ1) is 13.7. The summed E-state index contributed by atoms with van der Waals surface area (Å²) >= 11 is 1.71. The zero-order valence-electron chi connectivity index (χ0n) is 15.9. The van der Waals surface area contributed by atoms with Crippen LogP contribution < -0.4 is 4.90 Å². The van der Waals surface area contributed by atoms with Crippen LogP contribution in [0.2, 0.25) is 0 Å². The summed E-state index contributed by atoms with van der Waals surface area (Å²) in [5.74, 6) is 1.21. The van der Waals surface area contributed by atoms with Gasteiger partial charge in [0.25, 0.3) is 0 Å². The van der Waals surface area contributed by atoms with Gasteiger partial charge in [-0.3, -0.25) is 4.79 Å². The van der Waals surface area contributed by atoms with E-state index >= 15 is 0 Å². The second-order valence-corrected chi connectivity index (χ2v) is 8.54. The smallest absolute Gasteiger partial charge is 0.227 e. The number of amides is 1. The van der Waals surface area contributed by atoms with Gasteiger partial charge >= 0.3 is 0 Å². The number of fused-ring (bicyclic) bond motifs is 1. The minimum Gasteiger partial charge on any atom is -0.352 e. The summed E-state index contributed by atoms with van der Waals surface area (Å²) in [4.78, 5) is 30.8. The topological polar surface area (TPSA) is 65.1 Å². The molecule has 1 spiro atoms. The van der Waals surface area contributed by atoms with Gasteiger partial charge in [-0.1, -0.05) is 12.1 Å². The van der Waals surface area contributed by atoms with Crippen LogP contribution in [0.1, 0.15) is 18.4 Å². The van der Waals surface area contributed by atoms with Gasteiger partial charge in [-0.25, -0.2) is 9.97 Å². The molecular formula is C21H23N5OS. The summed E-state index contributed by atoms with van der Waals surface area (Å²) in [6, 6.07) is 10.3. The molecule has 144 valence electrons. The quantitative estimate of drug-likeness (QED) is 0.690. The van der Waals surface area contributed by atoms with E-state index in [-0.39, 0.29) is 11.4 Å². The number of hydrogen-bond acceptors (Lipinski definition) is 5. The van der Waals surface area contributed by atoms with Crippen molar-refractivity contribution in [2.45, 2.75) is 29.7 Å². The number of H-pyrrole nitrogens is 1. The molecule has 1 aromatic carbocycles. The first-order valence-corrected chi connectivity index (χ1v) is 10.9. The lowest BCUT2D eigenvalue weighted by atomic mass is 10.1. The van der Waals surface area contributed by atoms with E-state index in [4.69, 9.17) is 0 Å². The monoisotopic (exact) mass is 393 g/mol. The van der Waals surface area contributed by atoms with E-state index < -0.39 is 0 Å². The molecule has 2 fully saturated rings. The number of thioether (sulfide) groups is 1. The van der Waals surface area contributed by atoms with Crippen LogP contribution in [0.3, 0.4) is 0 Å². The maximum Gasteiger partial charge on any atom is 0.227 e. The minimum atomic E-state index is -0.0277. The van der Waals surface area contributed by atoms with Crippen LogP contribution in [0.5, 0.6) is 0 Å². The van der Waals surface area contributed by atoms with Gasteiger partial charge < -0.3 is 14.8 Å². The second kappa shape index (κ2) is 6.81. The fourth-order valence-corrected chi connectivity index (χ4v) is 4.77. The predicted octanol–water partition coefficient (Wildman–Crippen LogP) is 3.10. The molecule has 0 unspecified atom stereocenters. The van der Waals surface area contributed by atoms with Crippen LogP contribution >= 0.6 is 11.8 Å². The lowest BCUT2D eigenvalue weighted by Gasteiger charge is -2.43. The first kappa shape index (κ1) is 17.6. The number of hydrogen-bond donors (Lipinski definition) is 1. The molecule has 0 atom stereocenters. The summed E-state index contributed by atoms with van der Waals surface area (Å²) in [7, 11) is 0. The third kappa shape index (κ3) is 3.03. The van der Waals surface area contributed by atoms with Gasteiger partial charge in [0.2, 0.25) is 5.91 Å². The van der Waals surface area contributed by atoms with E-state index in [1.165, 1.54) is 4.90 Å². The lowest BCUT2D eigenvalue weighted by Crippen LogP contribution is -2.57. The number of nitrogens with zero attached hydrogens (tertiary/aromatic N) is 4. The molecule has 0 radical (unpaired) electrons. The molecule has 2 aromatic heterocycles. The van der Waals surface area contributed by atoms with Gasteiger partial charge in [0, 0.05) is 30.7 Å². The predicted molar refractivity (Wildman–Crippen MR) is 112 cm³/mol. The van der Waals surface area contributed by atoms with E-state index in [0.717, 1.165) is 54.9 Å². The number of rotatable bonds is 4. The van der Waals surface area contributed by atoms with Crippen LogP contribution in [0.15, 0.2) is 47.8 Å². The Morgan fingerprint density at radius 2 is 2.14 bits per heavy atom. The molecule has 6 nitrogen and oxygen atoms in total. The molecule has 3 aromatic rings. The van der Waals surface area contributed by atoms with Crippen molar-refractivity contribution in [3.8, 4) is 0 Å². The molecule has 28 heavy (non-hydrogen) atoms. The molecule has 1 amide bonds. The molecule has 0 bridgehead atoms. The van der Waals surface area contributed by atoms with Crippen molar-refractivity contribution in [2.24, 2.45) is 0 Å². The van der Waals surface area contributed by atoms with E-state index in [2.05, 4.69) is 49.2 Å². The molecule has 1 aliphatic carbocycles. The molecule has 1 aliphatic heterocycles. The number of anilines is 1.